The zero-order valence-electron chi connectivity index (χ0n) is 15.5. The molecule has 0 aliphatic carbocycles. The fourth-order valence-electron chi connectivity index (χ4n) is 2.57. The van der Waals surface area contributed by atoms with Crippen molar-refractivity contribution in [2.24, 2.45) is 0 Å². The molecule has 0 N–H and O–H groups in total. The number of benzene rings is 2. The van der Waals surface area contributed by atoms with Crippen LogP contribution in [-0.2, 0) is 29.0 Å². The third-order valence-corrected chi connectivity index (χ3v) is 3.74. The second kappa shape index (κ2) is 8.91. The number of allylic oxidation sites excluding steroid dienone is 1. The molecule has 0 atom stereocenters. The van der Waals surface area contributed by atoms with Gasteiger partial charge in [-0.15, -0.1) is 6.58 Å². The van der Waals surface area contributed by atoms with E-state index in [9.17, 15) is 4.79 Å². The van der Waals surface area contributed by atoms with Crippen LogP contribution in [-0.4, -0.2) is 11.6 Å². The van der Waals surface area contributed by atoms with Gasteiger partial charge >= 0.3 is 5.97 Å². The van der Waals surface area contributed by atoms with E-state index in [-0.39, 0.29) is 12.4 Å². The number of ether oxygens (including phenoxy) is 2. The molecule has 4 heteroatoms. The highest BCUT2D eigenvalue weighted by Crippen LogP contribution is 2.23. The van der Waals surface area contributed by atoms with Gasteiger partial charge in [0, 0.05) is 10.6 Å². The first-order valence-electron chi connectivity index (χ1n) is 8.58. The van der Waals surface area contributed by atoms with E-state index in [0.717, 1.165) is 23.1 Å². The molecule has 0 amide bonds. The zero-order chi connectivity index (χ0) is 19.2. The third kappa shape index (κ3) is 6.57. The van der Waals surface area contributed by atoms with E-state index >= 15 is 0 Å². The molecule has 0 saturated heterocycles. The summed E-state index contributed by atoms with van der Waals surface area (Å²) in [5, 5.41) is 0.671. The Morgan fingerprint density at radius 1 is 1.15 bits per heavy atom. The Kier molecular flexibility index (Phi) is 6.87. The summed E-state index contributed by atoms with van der Waals surface area (Å²) in [4.78, 5) is 12.1. The summed E-state index contributed by atoms with van der Waals surface area (Å²) in [6.45, 7) is 9.69. The second-order valence-electron chi connectivity index (χ2n) is 7.12. The van der Waals surface area contributed by atoms with E-state index in [1.54, 1.807) is 0 Å². The lowest BCUT2D eigenvalue weighted by molar-refractivity contribution is -0.153. The maximum atomic E-state index is 12.1. The minimum absolute atomic E-state index is 0.171. The number of hydrogen-bond donors (Lipinski definition) is 0. The third-order valence-electron chi connectivity index (χ3n) is 3.52. The van der Waals surface area contributed by atoms with Crippen molar-refractivity contribution >= 4 is 17.6 Å². The van der Waals surface area contributed by atoms with Crippen molar-refractivity contribution in [1.29, 1.82) is 0 Å². The van der Waals surface area contributed by atoms with Gasteiger partial charge < -0.3 is 9.47 Å². The Bertz CT molecular complexity index is 775. The topological polar surface area (TPSA) is 35.5 Å². The molecule has 2 rings (SSSR count). The van der Waals surface area contributed by atoms with Crippen LogP contribution in [0.3, 0.4) is 0 Å². The molecule has 0 aliphatic rings. The molecule has 26 heavy (non-hydrogen) atoms. The van der Waals surface area contributed by atoms with Gasteiger partial charge in [-0.1, -0.05) is 41.9 Å². The number of esters is 1. The number of carbonyl (C=O) groups is 1. The second-order valence-corrected chi connectivity index (χ2v) is 7.56. The molecule has 2 aromatic rings. The maximum absolute atomic E-state index is 12.1. The van der Waals surface area contributed by atoms with Gasteiger partial charge in [-0.05, 0) is 56.5 Å². The highest BCUT2D eigenvalue weighted by atomic mass is 35.5. The van der Waals surface area contributed by atoms with Gasteiger partial charge in [0.25, 0.3) is 0 Å². The van der Waals surface area contributed by atoms with Crippen molar-refractivity contribution in [3.8, 4) is 5.75 Å². The Morgan fingerprint density at radius 2 is 1.85 bits per heavy atom. The minimum atomic E-state index is -0.505. The van der Waals surface area contributed by atoms with Crippen LogP contribution in [0.4, 0.5) is 0 Å². The van der Waals surface area contributed by atoms with Gasteiger partial charge in [-0.25, -0.2) is 0 Å². The van der Waals surface area contributed by atoms with Crippen molar-refractivity contribution in [2.75, 3.05) is 0 Å². The Hall–Kier alpha value is -2.26. The number of carbonyl (C=O) groups excluding carboxylic acids is 1. The highest BCUT2D eigenvalue weighted by molar-refractivity contribution is 6.30. The highest BCUT2D eigenvalue weighted by Gasteiger charge is 2.18. The van der Waals surface area contributed by atoms with E-state index in [4.69, 9.17) is 21.1 Å². The average Bonchev–Trinajstić information content (AvgIpc) is 2.52. The summed E-state index contributed by atoms with van der Waals surface area (Å²) in [5.74, 6) is 0.396. The molecule has 2 aromatic carbocycles. The van der Waals surface area contributed by atoms with Gasteiger partial charge in [-0.3, -0.25) is 4.79 Å². The quantitative estimate of drug-likeness (QED) is 0.473. The molecule has 0 radical (unpaired) electrons. The van der Waals surface area contributed by atoms with Gasteiger partial charge in [0.1, 0.15) is 18.0 Å². The smallest absolute Gasteiger partial charge is 0.310 e. The lowest BCUT2D eigenvalue weighted by Gasteiger charge is -2.20. The molecule has 3 nitrogen and oxygen atoms in total. The Labute approximate surface area is 160 Å². The molecular weight excluding hydrogens is 348 g/mol. The molecule has 0 heterocycles. The molecule has 0 aromatic heterocycles. The van der Waals surface area contributed by atoms with Crippen molar-refractivity contribution in [3.05, 3.63) is 76.8 Å². The van der Waals surface area contributed by atoms with Crippen molar-refractivity contribution < 1.29 is 14.3 Å². The molecular formula is C22H25ClO3. The van der Waals surface area contributed by atoms with E-state index in [1.165, 1.54) is 0 Å². The van der Waals surface area contributed by atoms with Crippen molar-refractivity contribution in [3.63, 3.8) is 0 Å². The van der Waals surface area contributed by atoms with E-state index in [1.807, 2.05) is 69.3 Å². The van der Waals surface area contributed by atoms with Crippen LogP contribution in [0, 0.1) is 0 Å². The summed E-state index contributed by atoms with van der Waals surface area (Å²) in [6.07, 6.45) is 2.76. The Balaban J connectivity index is 2.09. The fourth-order valence-corrected chi connectivity index (χ4v) is 2.85. The summed E-state index contributed by atoms with van der Waals surface area (Å²) in [5.41, 5.74) is 2.36. The molecule has 0 aliphatic heterocycles. The predicted molar refractivity (Wildman–Crippen MR) is 106 cm³/mol. The monoisotopic (exact) mass is 372 g/mol. The molecule has 0 saturated carbocycles. The fraction of sp³-hybridized carbons (Fsp3) is 0.318. The largest absolute Gasteiger partial charge is 0.489 e. The van der Waals surface area contributed by atoms with Crippen LogP contribution in [0.25, 0.3) is 0 Å². The zero-order valence-corrected chi connectivity index (χ0v) is 16.3. The number of halogens is 1. The van der Waals surface area contributed by atoms with Gasteiger partial charge in [0.15, 0.2) is 0 Å². The standard InChI is InChI=1S/C22H25ClO3/c1-5-8-16-11-17(13-19(23)12-16)15-25-20-10-7-6-9-18(20)14-21(24)26-22(2,3)4/h5-7,9-13H,1,8,14-15H2,2-4H3. The summed E-state index contributed by atoms with van der Waals surface area (Å²) in [6, 6.07) is 13.3. The maximum Gasteiger partial charge on any atom is 0.310 e. The normalized spacial score (nSPS) is 11.1. The SMILES string of the molecule is C=CCc1cc(Cl)cc(COc2ccccc2CC(=O)OC(C)(C)C)c1. The van der Waals surface area contributed by atoms with E-state index in [2.05, 4.69) is 6.58 Å². The molecule has 0 unspecified atom stereocenters. The van der Waals surface area contributed by atoms with Gasteiger partial charge in [-0.2, -0.15) is 0 Å². The first-order valence-corrected chi connectivity index (χ1v) is 8.96. The van der Waals surface area contributed by atoms with Crippen LogP contribution < -0.4 is 4.74 Å². The van der Waals surface area contributed by atoms with Crippen LogP contribution in [0.2, 0.25) is 5.02 Å². The van der Waals surface area contributed by atoms with Crippen molar-refractivity contribution in [1.82, 2.24) is 0 Å². The van der Waals surface area contributed by atoms with Crippen LogP contribution in [0.15, 0.2) is 55.1 Å². The van der Waals surface area contributed by atoms with Crippen LogP contribution in [0.1, 0.15) is 37.5 Å². The Morgan fingerprint density at radius 3 is 2.54 bits per heavy atom. The molecule has 138 valence electrons. The first kappa shape index (κ1) is 20.1. The lowest BCUT2D eigenvalue weighted by atomic mass is 10.1. The number of hydrogen-bond acceptors (Lipinski definition) is 3. The van der Waals surface area contributed by atoms with Crippen LogP contribution in [0.5, 0.6) is 5.75 Å². The molecule has 0 bridgehead atoms. The lowest BCUT2D eigenvalue weighted by Crippen LogP contribution is -2.25. The first-order chi connectivity index (χ1) is 12.3. The molecule has 0 spiro atoms. The summed E-state index contributed by atoms with van der Waals surface area (Å²) >= 11 is 6.18. The minimum Gasteiger partial charge on any atom is -0.489 e. The predicted octanol–water partition coefficient (Wildman–Crippen LogP) is 5.53. The van der Waals surface area contributed by atoms with E-state index in [0.29, 0.717) is 17.4 Å². The van der Waals surface area contributed by atoms with Gasteiger partial charge in [0.2, 0.25) is 0 Å². The number of para-hydroxylation sites is 1. The van der Waals surface area contributed by atoms with Crippen molar-refractivity contribution in [2.45, 2.75) is 45.8 Å². The summed E-state index contributed by atoms with van der Waals surface area (Å²) < 4.78 is 11.3. The average molecular weight is 373 g/mol. The van der Waals surface area contributed by atoms with E-state index < -0.39 is 5.60 Å². The number of rotatable bonds is 7. The van der Waals surface area contributed by atoms with Gasteiger partial charge in [0.05, 0.1) is 6.42 Å². The molecule has 0 fully saturated rings. The van der Waals surface area contributed by atoms with Crippen LogP contribution >= 0.6 is 11.6 Å². The summed E-state index contributed by atoms with van der Waals surface area (Å²) in [7, 11) is 0.